The number of allylic oxidation sites excluding steroid dienone is 7. The molecule has 8 aromatic carbocycles. The lowest BCUT2D eigenvalue weighted by Crippen LogP contribution is -2.53. The molecule has 8 aromatic rings. The molecule has 5 aliphatic rings. The molecule has 5 atom stereocenters. The molecular weight excluding hydrogens is 962 g/mol. The molecule has 80 heavy (non-hydrogen) atoms. The minimum atomic E-state index is 0.129. The van der Waals surface area contributed by atoms with Crippen molar-refractivity contribution in [2.24, 2.45) is 17.3 Å². The van der Waals surface area contributed by atoms with Gasteiger partial charge in [0.15, 0.2) is 0 Å². The van der Waals surface area contributed by atoms with E-state index in [1.807, 2.05) is 0 Å². The van der Waals surface area contributed by atoms with Gasteiger partial charge in [0.2, 0.25) is 6.71 Å². The summed E-state index contributed by atoms with van der Waals surface area (Å²) < 4.78 is 0. The van der Waals surface area contributed by atoms with E-state index in [1.165, 1.54) is 151 Å². The van der Waals surface area contributed by atoms with Crippen molar-refractivity contribution in [3.63, 3.8) is 0 Å². The van der Waals surface area contributed by atoms with Gasteiger partial charge in [-0.1, -0.05) is 233 Å². The number of rotatable bonds is 15. The van der Waals surface area contributed by atoms with Crippen molar-refractivity contribution in [1.29, 1.82) is 0 Å². The van der Waals surface area contributed by atoms with Crippen molar-refractivity contribution in [1.82, 2.24) is 0 Å². The SMILES string of the molecule is C/C=C\c1ccccc1C(=CCC)N(c1ccc(C23CCC45CC(c6ccc(-c7cccc(-c8cccc(B(/C=C(C)/C=C(/C)C=C(C)C)c9c(C)cc(C)cc9C)c8)c7)cc6)(CC4CC5C2)C3)cc1)c1cccc2ccccc12. The fourth-order valence-corrected chi connectivity index (χ4v) is 16.5. The van der Waals surface area contributed by atoms with E-state index in [-0.39, 0.29) is 17.5 Å². The number of hydrogen-bond donors (Lipinski definition) is 0. The van der Waals surface area contributed by atoms with E-state index in [2.05, 4.69) is 279 Å². The molecule has 0 aliphatic heterocycles. The van der Waals surface area contributed by atoms with Crippen LogP contribution in [-0.2, 0) is 10.8 Å². The van der Waals surface area contributed by atoms with Gasteiger partial charge in [0.05, 0.1) is 5.69 Å². The molecule has 2 heteroatoms. The molecule has 3 bridgehead atoms. The third kappa shape index (κ3) is 9.71. The zero-order valence-corrected chi connectivity index (χ0v) is 49.0. The van der Waals surface area contributed by atoms with Crippen LogP contribution in [0.1, 0.15) is 132 Å². The first kappa shape index (κ1) is 53.2. The van der Waals surface area contributed by atoms with E-state index >= 15 is 0 Å². The normalized spacial score (nSPS) is 22.3. The van der Waals surface area contributed by atoms with Crippen molar-refractivity contribution < 1.29 is 0 Å². The fourth-order valence-electron chi connectivity index (χ4n) is 16.5. The number of anilines is 2. The second kappa shape index (κ2) is 21.6. The molecule has 0 heterocycles. The molecule has 0 saturated heterocycles. The number of benzene rings is 8. The molecule has 0 N–H and O–H groups in total. The van der Waals surface area contributed by atoms with Gasteiger partial charge in [-0.05, 0) is 203 Å². The van der Waals surface area contributed by atoms with Crippen LogP contribution < -0.4 is 15.8 Å². The van der Waals surface area contributed by atoms with Crippen LogP contribution in [0.3, 0.4) is 0 Å². The molecule has 1 spiro atoms. The maximum Gasteiger partial charge on any atom is 0.234 e. The summed E-state index contributed by atoms with van der Waals surface area (Å²) in [4.78, 5) is 2.55. The second-order valence-corrected chi connectivity index (χ2v) is 25.2. The Morgan fingerprint density at radius 2 is 1.24 bits per heavy atom. The predicted octanol–water partition coefficient (Wildman–Crippen LogP) is 19.9. The molecule has 5 aliphatic carbocycles. The molecule has 400 valence electrons. The van der Waals surface area contributed by atoms with Gasteiger partial charge in [-0.15, -0.1) is 5.98 Å². The van der Waals surface area contributed by atoms with Crippen molar-refractivity contribution in [3.05, 3.63) is 262 Å². The van der Waals surface area contributed by atoms with Crippen LogP contribution in [0.15, 0.2) is 223 Å². The summed E-state index contributed by atoms with van der Waals surface area (Å²) in [5, 5.41) is 2.52. The average Bonchev–Trinajstić information content (AvgIpc) is 3.83. The number of nitrogens with zero attached hydrogens (tertiary/aromatic N) is 1. The van der Waals surface area contributed by atoms with E-state index in [4.69, 9.17) is 0 Å². The Hall–Kier alpha value is -7.42. The Morgan fingerprint density at radius 3 is 1.98 bits per heavy atom. The largest absolute Gasteiger partial charge is 0.310 e. The summed E-state index contributed by atoms with van der Waals surface area (Å²) in [6.07, 6.45) is 21.7. The minimum Gasteiger partial charge on any atom is -0.310 e. The third-order valence-electron chi connectivity index (χ3n) is 19.6. The van der Waals surface area contributed by atoms with Gasteiger partial charge in [-0.2, -0.15) is 0 Å². The van der Waals surface area contributed by atoms with Gasteiger partial charge in [0, 0.05) is 22.3 Å². The average molecular weight is 1040 g/mol. The van der Waals surface area contributed by atoms with E-state index in [0.717, 1.165) is 18.3 Å². The quantitative estimate of drug-likeness (QED) is 0.0731. The van der Waals surface area contributed by atoms with Gasteiger partial charge < -0.3 is 4.90 Å². The van der Waals surface area contributed by atoms with Gasteiger partial charge >= 0.3 is 0 Å². The van der Waals surface area contributed by atoms with Crippen LogP contribution in [0.4, 0.5) is 11.4 Å². The highest BCUT2D eigenvalue weighted by Gasteiger charge is 2.71. The molecular formula is C78H80BN. The Bertz CT molecular complexity index is 3770. The van der Waals surface area contributed by atoms with Crippen LogP contribution in [0.5, 0.6) is 0 Å². The fraction of sp³-hybridized carbons (Fsp3) is 0.282. The van der Waals surface area contributed by atoms with Crippen molar-refractivity contribution in [2.75, 3.05) is 4.90 Å². The Labute approximate surface area is 479 Å². The lowest BCUT2D eigenvalue weighted by Gasteiger charge is -2.60. The van der Waals surface area contributed by atoms with Crippen molar-refractivity contribution in [3.8, 4) is 22.3 Å². The van der Waals surface area contributed by atoms with E-state index in [0.29, 0.717) is 5.41 Å². The van der Waals surface area contributed by atoms with Crippen LogP contribution in [0, 0.1) is 38.0 Å². The van der Waals surface area contributed by atoms with Gasteiger partial charge in [0.25, 0.3) is 0 Å². The predicted molar refractivity (Wildman–Crippen MR) is 347 cm³/mol. The summed E-state index contributed by atoms with van der Waals surface area (Å²) in [5.74, 6) is 4.17. The first-order valence-electron chi connectivity index (χ1n) is 30.0. The lowest BCUT2D eigenvalue weighted by atomic mass is 9.38. The number of fused-ring (bicyclic) bond motifs is 2. The summed E-state index contributed by atoms with van der Waals surface area (Å²) >= 11 is 0. The van der Waals surface area contributed by atoms with Gasteiger partial charge in [-0.3, -0.25) is 0 Å². The van der Waals surface area contributed by atoms with Gasteiger partial charge in [-0.25, -0.2) is 0 Å². The maximum atomic E-state index is 2.55. The van der Waals surface area contributed by atoms with E-state index in [1.54, 1.807) is 11.1 Å². The van der Waals surface area contributed by atoms with Crippen LogP contribution in [0.2, 0.25) is 0 Å². The second-order valence-electron chi connectivity index (χ2n) is 25.2. The molecule has 5 fully saturated rings. The smallest absolute Gasteiger partial charge is 0.234 e. The summed E-state index contributed by atoms with van der Waals surface area (Å²) in [6.45, 7) is 20.1. The molecule has 1 nitrogen and oxygen atoms in total. The first-order chi connectivity index (χ1) is 38.8. The summed E-state index contributed by atoms with van der Waals surface area (Å²) in [5.41, 5.74) is 25.8. The zero-order valence-electron chi connectivity index (χ0n) is 49.0. The molecule has 5 saturated carbocycles. The maximum absolute atomic E-state index is 2.55. The third-order valence-corrected chi connectivity index (χ3v) is 19.6. The molecule has 5 unspecified atom stereocenters. The topological polar surface area (TPSA) is 3.24 Å². The van der Waals surface area contributed by atoms with Crippen LogP contribution in [-0.4, -0.2) is 6.71 Å². The van der Waals surface area contributed by atoms with Crippen molar-refractivity contribution >= 4 is 51.6 Å². The Balaban J connectivity index is 0.860. The molecule has 0 aromatic heterocycles. The zero-order chi connectivity index (χ0) is 55.3. The Morgan fingerprint density at radius 1 is 0.600 bits per heavy atom. The first-order valence-corrected chi connectivity index (χ1v) is 30.0. The standard InChI is InChI=1S/C78H80BN/c1-10-19-60-21-12-14-28-71(60)73(20-11-2)80(74-30-18-23-61-22-13-15-29-72(61)74)70-37-35-65(36-38-70)76-39-40-78-52-77(51-76,49-68(78)47-67(78)48-76)66-33-31-59(32-34-66)62-24-16-25-63(45-62)64-26-17-27-69(46-64)79(50-56(7)42-54(5)41-53(3)4)75-57(8)43-55(6)44-58(75)9/h10,12-38,41-46,50,67-68H,11,39-40,47-49,51-52H2,1-9H3/b19-10-,54-42-,56-50+,73-20?. The minimum absolute atomic E-state index is 0.129. The van der Waals surface area contributed by atoms with Crippen molar-refractivity contribution in [2.45, 2.75) is 125 Å². The molecule has 0 radical (unpaired) electrons. The van der Waals surface area contributed by atoms with Crippen LogP contribution in [0.25, 0.3) is 44.8 Å². The highest BCUT2D eigenvalue weighted by atomic mass is 15.2. The summed E-state index contributed by atoms with van der Waals surface area (Å²) in [7, 11) is 0. The highest BCUT2D eigenvalue weighted by molar-refractivity contribution is 6.90. The number of aryl methyl sites for hydroxylation is 3. The van der Waals surface area contributed by atoms with Gasteiger partial charge in [0.1, 0.15) is 0 Å². The van der Waals surface area contributed by atoms with E-state index in [9.17, 15) is 0 Å². The van der Waals surface area contributed by atoms with E-state index < -0.39 is 0 Å². The monoisotopic (exact) mass is 1040 g/mol. The highest BCUT2D eigenvalue weighted by Crippen LogP contribution is 2.78. The summed E-state index contributed by atoms with van der Waals surface area (Å²) in [6, 6.07) is 67.9. The molecule has 13 rings (SSSR count). The number of hydrogen-bond acceptors (Lipinski definition) is 1. The van der Waals surface area contributed by atoms with Crippen LogP contribution >= 0.6 is 0 Å². The molecule has 0 amide bonds. The Kier molecular flexibility index (Phi) is 14.4. The lowest BCUT2D eigenvalue weighted by molar-refractivity contribution is -0.0851.